The first-order valence-electron chi connectivity index (χ1n) is 15.4. The Labute approximate surface area is 260 Å². The van der Waals surface area contributed by atoms with Crippen molar-refractivity contribution in [3.8, 4) is 23.0 Å². The lowest BCUT2D eigenvalue weighted by Gasteiger charge is -2.40. The summed E-state index contributed by atoms with van der Waals surface area (Å²) in [6.07, 6.45) is 9.13. The van der Waals surface area contributed by atoms with Gasteiger partial charge in [-0.3, -0.25) is 9.88 Å². The van der Waals surface area contributed by atoms with Crippen LogP contribution in [0.4, 0.5) is 10.2 Å². The number of rotatable bonds is 6. The van der Waals surface area contributed by atoms with Gasteiger partial charge in [-0.1, -0.05) is 11.6 Å². The molecule has 234 valence electrons. The maximum absolute atomic E-state index is 16.7. The lowest BCUT2D eigenvalue weighted by Crippen LogP contribution is -2.56. The molecular formula is C30H35ClFN7O4S. The highest BCUT2D eigenvalue weighted by Crippen LogP contribution is 2.49. The van der Waals surface area contributed by atoms with Gasteiger partial charge in [0.1, 0.15) is 29.4 Å². The predicted octanol–water partition coefficient (Wildman–Crippen LogP) is 3.85. The summed E-state index contributed by atoms with van der Waals surface area (Å²) in [7, 11) is -3.59. The van der Waals surface area contributed by atoms with E-state index in [2.05, 4.69) is 24.3 Å². The number of hydrogen-bond donors (Lipinski definition) is 3. The molecule has 44 heavy (non-hydrogen) atoms. The number of phenolic OH excluding ortho intramolecular Hbond substituents is 1. The van der Waals surface area contributed by atoms with Crippen LogP contribution in [0, 0.1) is 5.82 Å². The molecular weight excluding hydrogens is 609 g/mol. The molecule has 1 aliphatic carbocycles. The number of ether oxygens (including phenoxy) is 1. The summed E-state index contributed by atoms with van der Waals surface area (Å²) in [6, 6.07) is 3.08. The molecule has 2 aromatic heterocycles. The lowest BCUT2D eigenvalue weighted by atomic mass is 9.90. The molecule has 14 heteroatoms. The number of pyridine rings is 1. The van der Waals surface area contributed by atoms with Gasteiger partial charge < -0.3 is 14.7 Å². The Morgan fingerprint density at radius 3 is 2.61 bits per heavy atom. The topological polar surface area (TPSA) is 133 Å². The van der Waals surface area contributed by atoms with Crippen LogP contribution in [0.5, 0.6) is 11.8 Å². The van der Waals surface area contributed by atoms with Crippen molar-refractivity contribution in [3.05, 3.63) is 34.7 Å². The average Bonchev–Trinajstić information content (AvgIpc) is 3.50. The SMILES string of the molecule is O=S1(=O)NCC2(CCCN(c3nc(OCC45CCCN4CCC5)nc4c(F)c(-c5cc(O)cc(Cl)c5C5CC5)ncc34)C2)N1. The summed E-state index contributed by atoms with van der Waals surface area (Å²) >= 11 is 6.55. The first-order chi connectivity index (χ1) is 21.1. The number of anilines is 1. The molecule has 1 aromatic carbocycles. The molecule has 3 aromatic rings. The van der Waals surface area contributed by atoms with Crippen LogP contribution in [0.1, 0.15) is 62.8 Å². The monoisotopic (exact) mass is 643 g/mol. The zero-order valence-corrected chi connectivity index (χ0v) is 25.9. The van der Waals surface area contributed by atoms with E-state index < -0.39 is 21.6 Å². The fraction of sp³-hybridized carbons (Fsp3) is 0.567. The quantitative estimate of drug-likeness (QED) is 0.366. The summed E-state index contributed by atoms with van der Waals surface area (Å²) < 4.78 is 53.0. The van der Waals surface area contributed by atoms with E-state index in [4.69, 9.17) is 21.3 Å². The molecule has 5 fully saturated rings. The Morgan fingerprint density at radius 1 is 1.11 bits per heavy atom. The third-order valence-electron chi connectivity index (χ3n) is 10.1. The number of piperidine rings is 1. The summed E-state index contributed by atoms with van der Waals surface area (Å²) in [5, 5.41) is 11.2. The number of phenols is 1. The van der Waals surface area contributed by atoms with Crippen molar-refractivity contribution in [2.45, 2.75) is 68.4 Å². The van der Waals surface area contributed by atoms with Crippen molar-refractivity contribution < 1.29 is 22.7 Å². The Morgan fingerprint density at radius 2 is 1.89 bits per heavy atom. The number of hydrogen-bond acceptors (Lipinski definition) is 9. The minimum absolute atomic E-state index is 0.0547. The molecule has 4 saturated heterocycles. The second-order valence-electron chi connectivity index (χ2n) is 13.1. The third-order valence-corrected chi connectivity index (χ3v) is 11.6. The molecule has 5 aliphatic rings. The molecule has 6 heterocycles. The second-order valence-corrected chi connectivity index (χ2v) is 15.0. The number of aromatic nitrogens is 3. The van der Waals surface area contributed by atoms with E-state index in [9.17, 15) is 13.5 Å². The average molecular weight is 644 g/mol. The van der Waals surface area contributed by atoms with Gasteiger partial charge in [0, 0.05) is 36.4 Å². The smallest absolute Gasteiger partial charge is 0.319 e. The molecule has 0 bridgehead atoms. The van der Waals surface area contributed by atoms with E-state index in [0.29, 0.717) is 54.3 Å². The molecule has 1 spiro atoms. The van der Waals surface area contributed by atoms with Crippen LogP contribution in [0.25, 0.3) is 22.2 Å². The van der Waals surface area contributed by atoms with Gasteiger partial charge in [0.2, 0.25) is 0 Å². The van der Waals surface area contributed by atoms with Gasteiger partial charge >= 0.3 is 6.01 Å². The normalized spacial score (nSPS) is 26.1. The van der Waals surface area contributed by atoms with Crippen molar-refractivity contribution in [2.24, 2.45) is 0 Å². The maximum Gasteiger partial charge on any atom is 0.319 e. The summed E-state index contributed by atoms with van der Waals surface area (Å²) in [4.78, 5) is 18.5. The maximum atomic E-state index is 16.7. The van der Waals surface area contributed by atoms with Gasteiger partial charge in [0.25, 0.3) is 10.2 Å². The number of nitrogens with zero attached hydrogens (tertiary/aromatic N) is 5. The van der Waals surface area contributed by atoms with Crippen LogP contribution in [-0.2, 0) is 10.2 Å². The van der Waals surface area contributed by atoms with Crippen molar-refractivity contribution >= 4 is 38.5 Å². The molecule has 11 nitrogen and oxygen atoms in total. The predicted molar refractivity (Wildman–Crippen MR) is 164 cm³/mol. The van der Waals surface area contributed by atoms with Crippen molar-refractivity contribution in [2.75, 3.05) is 44.2 Å². The third kappa shape index (κ3) is 4.87. The first kappa shape index (κ1) is 28.6. The standard InChI is InChI=1S/C30H35ClFN7O4S/c31-22-13-19(40)12-20(23(22)18-4-5-18)25-24(32)26-21(14-33-25)27(38-9-1-6-29(16-38)15-34-44(41,42)37-29)36-28(35-26)43-17-30-7-2-10-39(30)11-3-8-30/h12-14,18,34,37,40H,1-11,15-17H2. The van der Waals surface area contributed by atoms with Crippen LogP contribution in [0.3, 0.4) is 0 Å². The van der Waals surface area contributed by atoms with E-state index in [0.717, 1.165) is 57.2 Å². The van der Waals surface area contributed by atoms with E-state index in [1.54, 1.807) is 6.20 Å². The zero-order valence-electron chi connectivity index (χ0n) is 24.3. The number of benzene rings is 1. The van der Waals surface area contributed by atoms with Gasteiger partial charge in [-0.25, -0.2) is 9.11 Å². The molecule has 1 saturated carbocycles. The highest BCUT2D eigenvalue weighted by atomic mass is 35.5. The summed E-state index contributed by atoms with van der Waals surface area (Å²) in [5.74, 6) is -0.0674. The summed E-state index contributed by atoms with van der Waals surface area (Å²) in [5.41, 5.74) is 0.600. The first-order valence-corrected chi connectivity index (χ1v) is 17.3. The van der Waals surface area contributed by atoms with Crippen molar-refractivity contribution in [3.63, 3.8) is 0 Å². The molecule has 8 rings (SSSR count). The fourth-order valence-electron chi connectivity index (χ4n) is 7.89. The minimum atomic E-state index is -3.59. The van der Waals surface area contributed by atoms with Gasteiger partial charge in [0.05, 0.1) is 16.5 Å². The Balaban J connectivity index is 1.23. The van der Waals surface area contributed by atoms with Crippen molar-refractivity contribution in [1.29, 1.82) is 0 Å². The molecule has 3 N–H and O–H groups in total. The van der Waals surface area contributed by atoms with E-state index in [1.807, 2.05) is 4.90 Å². The number of nitrogens with one attached hydrogen (secondary N) is 2. The zero-order chi connectivity index (χ0) is 30.3. The lowest BCUT2D eigenvalue weighted by molar-refractivity contribution is 0.108. The van der Waals surface area contributed by atoms with Gasteiger partial charge in [-0.05, 0) is 88.1 Å². The van der Waals surface area contributed by atoms with Crippen LogP contribution in [0.15, 0.2) is 18.3 Å². The van der Waals surface area contributed by atoms with Gasteiger partial charge in [0.15, 0.2) is 5.82 Å². The van der Waals surface area contributed by atoms with E-state index >= 15 is 4.39 Å². The second kappa shape index (κ2) is 10.3. The largest absolute Gasteiger partial charge is 0.508 e. The number of halogens is 2. The molecule has 1 unspecified atom stereocenters. The highest BCUT2D eigenvalue weighted by molar-refractivity contribution is 7.87. The Hall–Kier alpha value is -2.84. The van der Waals surface area contributed by atoms with E-state index in [-0.39, 0.29) is 41.0 Å². The fourth-order valence-corrected chi connectivity index (χ4v) is 9.61. The van der Waals surface area contributed by atoms with Gasteiger partial charge in [-0.2, -0.15) is 23.1 Å². The molecule has 0 amide bonds. The van der Waals surface area contributed by atoms with Crippen molar-refractivity contribution in [1.82, 2.24) is 29.3 Å². The highest BCUT2D eigenvalue weighted by Gasteiger charge is 2.46. The summed E-state index contributed by atoms with van der Waals surface area (Å²) in [6.45, 7) is 3.72. The minimum Gasteiger partial charge on any atom is -0.508 e. The van der Waals surface area contributed by atoms with E-state index in [1.165, 1.54) is 12.1 Å². The Bertz CT molecular complexity index is 1760. The molecule has 0 radical (unpaired) electrons. The van der Waals surface area contributed by atoms with Crippen LogP contribution in [-0.4, -0.2) is 83.8 Å². The molecule has 1 atom stereocenters. The number of aromatic hydroxyl groups is 1. The Kier molecular flexibility index (Phi) is 6.73. The van der Waals surface area contributed by atoms with Gasteiger partial charge in [-0.15, -0.1) is 0 Å². The number of fused-ring (bicyclic) bond motifs is 2. The van der Waals surface area contributed by atoms with Crippen LogP contribution in [0.2, 0.25) is 5.02 Å². The van der Waals surface area contributed by atoms with Crippen LogP contribution >= 0.6 is 11.6 Å². The molecule has 4 aliphatic heterocycles. The van der Waals surface area contributed by atoms with Crippen LogP contribution < -0.4 is 19.1 Å².